The van der Waals surface area contributed by atoms with E-state index in [4.69, 9.17) is 5.73 Å². The minimum absolute atomic E-state index is 0.476. The third-order valence-corrected chi connectivity index (χ3v) is 3.96. The lowest BCUT2D eigenvalue weighted by molar-refractivity contribution is 0.310. The highest BCUT2D eigenvalue weighted by molar-refractivity contribution is 4.76. The molecule has 0 aromatic rings. The summed E-state index contributed by atoms with van der Waals surface area (Å²) >= 11 is 0. The minimum Gasteiger partial charge on any atom is -0.328 e. The van der Waals surface area contributed by atoms with Crippen molar-refractivity contribution in [3.8, 4) is 0 Å². The zero-order valence-electron chi connectivity index (χ0n) is 11.7. The van der Waals surface area contributed by atoms with Gasteiger partial charge in [0.1, 0.15) is 0 Å². The third-order valence-electron chi connectivity index (χ3n) is 3.96. The minimum atomic E-state index is 0.476. The maximum atomic E-state index is 6.00. The molecule has 1 fully saturated rings. The van der Waals surface area contributed by atoms with E-state index in [1.165, 1.54) is 77.3 Å². The number of unbranched alkanes of at least 4 members (excludes halogenated alkanes) is 5. The third kappa shape index (κ3) is 7.77. The first-order valence-corrected chi connectivity index (χ1v) is 7.79. The molecule has 1 aliphatic rings. The van der Waals surface area contributed by atoms with E-state index in [1.54, 1.807) is 0 Å². The highest BCUT2D eigenvalue weighted by Crippen LogP contribution is 2.22. The van der Waals surface area contributed by atoms with Crippen molar-refractivity contribution in [2.45, 2.75) is 77.2 Å². The molecular weight excluding hydrogens is 208 g/mol. The maximum Gasteiger partial charge on any atom is 0.00419 e. The summed E-state index contributed by atoms with van der Waals surface area (Å²) in [6.07, 6.45) is 13.6. The molecule has 102 valence electrons. The fraction of sp³-hybridized carbons (Fsp3) is 1.00. The van der Waals surface area contributed by atoms with E-state index in [0.717, 1.165) is 5.92 Å². The predicted octanol–water partition coefficient (Wildman–Crippen LogP) is 3.45. The molecule has 1 aliphatic carbocycles. The second kappa shape index (κ2) is 9.90. The van der Waals surface area contributed by atoms with Crippen molar-refractivity contribution in [3.63, 3.8) is 0 Å². The summed E-state index contributed by atoms with van der Waals surface area (Å²) in [6.45, 7) is 4.68. The van der Waals surface area contributed by atoms with Crippen LogP contribution in [0.3, 0.4) is 0 Å². The lowest BCUT2D eigenvalue weighted by Crippen LogP contribution is -2.33. The topological polar surface area (TPSA) is 38.0 Å². The van der Waals surface area contributed by atoms with Gasteiger partial charge in [-0.05, 0) is 44.7 Å². The van der Waals surface area contributed by atoms with E-state index in [0.29, 0.717) is 6.04 Å². The zero-order chi connectivity index (χ0) is 12.3. The number of hydrogen-bond donors (Lipinski definition) is 2. The lowest BCUT2D eigenvalue weighted by Gasteiger charge is -2.26. The van der Waals surface area contributed by atoms with Gasteiger partial charge in [-0.2, -0.15) is 0 Å². The zero-order valence-corrected chi connectivity index (χ0v) is 11.7. The summed E-state index contributed by atoms with van der Waals surface area (Å²) < 4.78 is 0. The second-order valence-corrected chi connectivity index (χ2v) is 5.76. The number of hydrogen-bond acceptors (Lipinski definition) is 2. The van der Waals surface area contributed by atoms with Gasteiger partial charge in [0.05, 0.1) is 0 Å². The first kappa shape index (κ1) is 15.0. The van der Waals surface area contributed by atoms with Crippen molar-refractivity contribution in [3.05, 3.63) is 0 Å². The van der Waals surface area contributed by atoms with Crippen LogP contribution in [0.4, 0.5) is 0 Å². The standard InChI is InChI=1S/C15H32N2/c1-2-3-4-5-6-7-11-17-13-14-9-8-10-15(16)12-14/h14-15,17H,2-13,16H2,1H3. The Morgan fingerprint density at radius 3 is 2.59 bits per heavy atom. The van der Waals surface area contributed by atoms with Crippen LogP contribution < -0.4 is 11.1 Å². The predicted molar refractivity (Wildman–Crippen MR) is 76.2 cm³/mol. The molecule has 0 heterocycles. The van der Waals surface area contributed by atoms with Crippen LogP contribution in [-0.4, -0.2) is 19.1 Å². The second-order valence-electron chi connectivity index (χ2n) is 5.76. The molecule has 0 saturated heterocycles. The molecule has 0 aromatic carbocycles. The van der Waals surface area contributed by atoms with Gasteiger partial charge in [0.2, 0.25) is 0 Å². The van der Waals surface area contributed by atoms with E-state index in [-0.39, 0.29) is 0 Å². The van der Waals surface area contributed by atoms with Gasteiger partial charge >= 0.3 is 0 Å². The maximum absolute atomic E-state index is 6.00. The Morgan fingerprint density at radius 1 is 1.06 bits per heavy atom. The molecule has 1 rings (SSSR count). The molecule has 0 aliphatic heterocycles. The Labute approximate surface area is 108 Å². The fourth-order valence-corrected chi connectivity index (χ4v) is 2.85. The van der Waals surface area contributed by atoms with Crippen LogP contribution in [0.5, 0.6) is 0 Å². The van der Waals surface area contributed by atoms with Crippen molar-refractivity contribution in [2.75, 3.05) is 13.1 Å². The van der Waals surface area contributed by atoms with Crippen molar-refractivity contribution >= 4 is 0 Å². The Bertz CT molecular complexity index is 170. The first-order valence-electron chi connectivity index (χ1n) is 7.79. The van der Waals surface area contributed by atoms with E-state index >= 15 is 0 Å². The fourth-order valence-electron chi connectivity index (χ4n) is 2.85. The molecule has 0 amide bonds. The van der Waals surface area contributed by atoms with Crippen LogP contribution in [-0.2, 0) is 0 Å². The molecule has 0 aromatic heterocycles. The average molecular weight is 240 g/mol. The lowest BCUT2D eigenvalue weighted by atomic mass is 9.86. The summed E-state index contributed by atoms with van der Waals surface area (Å²) in [5, 5.41) is 3.61. The van der Waals surface area contributed by atoms with Gasteiger partial charge in [-0.3, -0.25) is 0 Å². The molecule has 0 bridgehead atoms. The number of rotatable bonds is 9. The van der Waals surface area contributed by atoms with Gasteiger partial charge in [0.25, 0.3) is 0 Å². The molecule has 0 spiro atoms. The summed E-state index contributed by atoms with van der Waals surface area (Å²) in [6, 6.07) is 0.476. The van der Waals surface area contributed by atoms with Gasteiger partial charge in [0, 0.05) is 6.04 Å². The van der Waals surface area contributed by atoms with Crippen LogP contribution in [0.1, 0.15) is 71.1 Å². The highest BCUT2D eigenvalue weighted by Gasteiger charge is 2.18. The monoisotopic (exact) mass is 240 g/mol. The van der Waals surface area contributed by atoms with Crippen molar-refractivity contribution in [1.29, 1.82) is 0 Å². The molecule has 1 saturated carbocycles. The van der Waals surface area contributed by atoms with Gasteiger partial charge < -0.3 is 11.1 Å². The van der Waals surface area contributed by atoms with Gasteiger partial charge in [-0.1, -0.05) is 45.4 Å². The molecule has 2 unspecified atom stereocenters. The van der Waals surface area contributed by atoms with Crippen molar-refractivity contribution in [1.82, 2.24) is 5.32 Å². The Kier molecular flexibility index (Phi) is 8.72. The normalized spacial score (nSPS) is 25.1. The average Bonchev–Trinajstić information content (AvgIpc) is 2.33. The first-order chi connectivity index (χ1) is 8.33. The largest absolute Gasteiger partial charge is 0.328 e. The van der Waals surface area contributed by atoms with E-state index < -0.39 is 0 Å². The number of nitrogens with one attached hydrogen (secondary N) is 1. The van der Waals surface area contributed by atoms with Gasteiger partial charge in [0.15, 0.2) is 0 Å². The molecule has 2 atom stereocenters. The molecule has 2 heteroatoms. The van der Waals surface area contributed by atoms with Crippen LogP contribution >= 0.6 is 0 Å². The van der Waals surface area contributed by atoms with Gasteiger partial charge in [-0.25, -0.2) is 0 Å². The molecule has 2 nitrogen and oxygen atoms in total. The van der Waals surface area contributed by atoms with Crippen LogP contribution in [0, 0.1) is 5.92 Å². The molecule has 17 heavy (non-hydrogen) atoms. The van der Waals surface area contributed by atoms with Gasteiger partial charge in [-0.15, -0.1) is 0 Å². The van der Waals surface area contributed by atoms with Crippen molar-refractivity contribution < 1.29 is 0 Å². The summed E-state index contributed by atoms with van der Waals surface area (Å²) in [5.74, 6) is 0.846. The summed E-state index contributed by atoms with van der Waals surface area (Å²) in [7, 11) is 0. The number of nitrogens with two attached hydrogens (primary N) is 1. The summed E-state index contributed by atoms with van der Waals surface area (Å²) in [4.78, 5) is 0. The molecule has 3 N–H and O–H groups in total. The van der Waals surface area contributed by atoms with Crippen LogP contribution in [0.2, 0.25) is 0 Å². The molecular formula is C15H32N2. The van der Waals surface area contributed by atoms with Crippen LogP contribution in [0.15, 0.2) is 0 Å². The Morgan fingerprint density at radius 2 is 1.82 bits per heavy atom. The quantitative estimate of drug-likeness (QED) is 0.606. The smallest absolute Gasteiger partial charge is 0.00419 e. The van der Waals surface area contributed by atoms with E-state index in [9.17, 15) is 0 Å². The molecule has 0 radical (unpaired) electrons. The van der Waals surface area contributed by atoms with E-state index in [1.807, 2.05) is 0 Å². The van der Waals surface area contributed by atoms with E-state index in [2.05, 4.69) is 12.2 Å². The summed E-state index contributed by atoms with van der Waals surface area (Å²) in [5.41, 5.74) is 6.00. The van der Waals surface area contributed by atoms with Crippen LogP contribution in [0.25, 0.3) is 0 Å². The Balaban J connectivity index is 1.83. The highest BCUT2D eigenvalue weighted by atomic mass is 14.9. The Hall–Kier alpha value is -0.0800. The SMILES string of the molecule is CCCCCCCCNCC1CCCC(N)C1. The van der Waals surface area contributed by atoms with Crippen molar-refractivity contribution in [2.24, 2.45) is 11.7 Å².